The van der Waals surface area contributed by atoms with Crippen LogP contribution in [0.1, 0.15) is 17.5 Å². The van der Waals surface area contributed by atoms with Crippen molar-refractivity contribution in [2.75, 3.05) is 29.9 Å². The minimum absolute atomic E-state index is 0.175. The molecule has 0 aromatic heterocycles. The van der Waals surface area contributed by atoms with Crippen molar-refractivity contribution in [3.63, 3.8) is 0 Å². The number of ether oxygens (including phenoxy) is 2. The molecular formula is C25H26N2O5S. The highest BCUT2D eigenvalue weighted by Crippen LogP contribution is 2.34. The van der Waals surface area contributed by atoms with E-state index >= 15 is 0 Å². The van der Waals surface area contributed by atoms with Crippen LogP contribution >= 0.6 is 0 Å². The number of carbonyl (C=O) groups excluding carboxylic acids is 1. The summed E-state index contributed by atoms with van der Waals surface area (Å²) in [5, 5.41) is 2.82. The van der Waals surface area contributed by atoms with Crippen LogP contribution in [0.15, 0.2) is 71.6 Å². The number of rotatable bonds is 7. The molecule has 0 atom stereocenters. The van der Waals surface area contributed by atoms with E-state index in [1.54, 1.807) is 54.6 Å². The largest absolute Gasteiger partial charge is 0.493 e. The number of hydrogen-bond donors (Lipinski definition) is 1. The second-order valence-corrected chi connectivity index (χ2v) is 9.69. The van der Waals surface area contributed by atoms with Crippen LogP contribution in [-0.2, 0) is 21.2 Å². The maximum Gasteiger partial charge on any atom is 0.264 e. The van der Waals surface area contributed by atoms with Crippen molar-refractivity contribution in [2.24, 2.45) is 0 Å². The fourth-order valence-electron chi connectivity index (χ4n) is 3.81. The summed E-state index contributed by atoms with van der Waals surface area (Å²) in [6.07, 6.45) is 1.43. The number of carbonyl (C=O) groups is 1. The number of nitrogens with zero attached hydrogens (tertiary/aromatic N) is 1. The monoisotopic (exact) mass is 466 g/mol. The fraction of sp³-hybridized carbons (Fsp3) is 0.240. The zero-order chi connectivity index (χ0) is 23.4. The first-order chi connectivity index (χ1) is 15.9. The topological polar surface area (TPSA) is 84.9 Å². The van der Waals surface area contributed by atoms with Gasteiger partial charge in [-0.25, -0.2) is 8.42 Å². The number of nitrogens with one attached hydrogen (secondary N) is 1. The second kappa shape index (κ2) is 9.54. The van der Waals surface area contributed by atoms with Crippen molar-refractivity contribution < 1.29 is 22.7 Å². The summed E-state index contributed by atoms with van der Waals surface area (Å²) < 4.78 is 38.7. The lowest BCUT2D eigenvalue weighted by Crippen LogP contribution is -2.35. The molecule has 1 heterocycles. The van der Waals surface area contributed by atoms with Gasteiger partial charge in [-0.1, -0.05) is 29.8 Å². The van der Waals surface area contributed by atoms with Gasteiger partial charge in [0.05, 0.1) is 17.7 Å². The van der Waals surface area contributed by atoms with Crippen LogP contribution in [0, 0.1) is 6.92 Å². The van der Waals surface area contributed by atoms with Gasteiger partial charge in [0.15, 0.2) is 18.1 Å². The van der Waals surface area contributed by atoms with E-state index < -0.39 is 10.0 Å². The van der Waals surface area contributed by atoms with Crippen LogP contribution in [0.5, 0.6) is 11.5 Å². The summed E-state index contributed by atoms with van der Waals surface area (Å²) in [7, 11) is -2.12. The molecule has 172 valence electrons. The summed E-state index contributed by atoms with van der Waals surface area (Å²) in [5.41, 5.74) is 3.12. The van der Waals surface area contributed by atoms with Crippen LogP contribution in [0.4, 0.5) is 11.4 Å². The molecule has 8 heteroatoms. The quantitative estimate of drug-likeness (QED) is 0.565. The first kappa shape index (κ1) is 22.7. The average molecular weight is 467 g/mol. The van der Waals surface area contributed by atoms with Gasteiger partial charge in [-0.2, -0.15) is 0 Å². The molecular weight excluding hydrogens is 440 g/mol. The summed E-state index contributed by atoms with van der Waals surface area (Å²) in [6, 6.07) is 19.3. The Kier molecular flexibility index (Phi) is 6.55. The van der Waals surface area contributed by atoms with E-state index in [0.29, 0.717) is 35.8 Å². The molecule has 1 N–H and O–H groups in total. The van der Waals surface area contributed by atoms with Crippen LogP contribution < -0.4 is 19.1 Å². The minimum Gasteiger partial charge on any atom is -0.493 e. The number of sulfonamides is 1. The second-order valence-electron chi connectivity index (χ2n) is 7.82. The van der Waals surface area contributed by atoms with Gasteiger partial charge in [0.25, 0.3) is 15.9 Å². The Morgan fingerprint density at radius 2 is 1.76 bits per heavy atom. The van der Waals surface area contributed by atoms with Crippen LogP contribution in [-0.4, -0.2) is 34.6 Å². The third kappa shape index (κ3) is 4.96. The predicted octanol–water partition coefficient (Wildman–Crippen LogP) is 4.16. The van der Waals surface area contributed by atoms with Gasteiger partial charge in [-0.15, -0.1) is 0 Å². The Bertz CT molecular complexity index is 1260. The Labute approximate surface area is 194 Å². The van der Waals surface area contributed by atoms with E-state index in [9.17, 15) is 13.2 Å². The van der Waals surface area contributed by atoms with Crippen molar-refractivity contribution in [1.82, 2.24) is 0 Å². The number of benzene rings is 3. The van der Waals surface area contributed by atoms with Crippen LogP contribution in [0.2, 0.25) is 0 Å². The van der Waals surface area contributed by atoms with E-state index in [-0.39, 0.29) is 17.4 Å². The summed E-state index contributed by atoms with van der Waals surface area (Å²) in [4.78, 5) is 12.7. The molecule has 7 nitrogen and oxygen atoms in total. The number of methoxy groups -OCH3 is 1. The summed E-state index contributed by atoms with van der Waals surface area (Å²) in [6.45, 7) is 2.16. The molecule has 0 bridgehead atoms. The van der Waals surface area contributed by atoms with E-state index in [1.165, 1.54) is 11.4 Å². The fourth-order valence-corrected chi connectivity index (χ4v) is 5.35. The number of hydrogen-bond acceptors (Lipinski definition) is 5. The molecule has 3 aromatic carbocycles. The number of para-hydroxylation sites is 2. The molecule has 0 radical (unpaired) electrons. The first-order valence-electron chi connectivity index (χ1n) is 10.7. The maximum atomic E-state index is 13.2. The molecule has 0 unspecified atom stereocenters. The lowest BCUT2D eigenvalue weighted by molar-refractivity contribution is -0.118. The predicted molar refractivity (Wildman–Crippen MR) is 128 cm³/mol. The number of fused-ring (bicyclic) bond motifs is 1. The Morgan fingerprint density at radius 1 is 1.03 bits per heavy atom. The SMILES string of the molecule is COc1ccccc1OCC(=O)Nc1ccc2c(c1)CCCN2S(=O)(=O)c1ccc(C)cc1. The smallest absolute Gasteiger partial charge is 0.264 e. The van der Waals surface area contributed by atoms with Crippen LogP contribution in [0.25, 0.3) is 0 Å². The highest BCUT2D eigenvalue weighted by molar-refractivity contribution is 7.92. The Hall–Kier alpha value is -3.52. The zero-order valence-electron chi connectivity index (χ0n) is 18.6. The third-order valence-corrected chi connectivity index (χ3v) is 7.30. The highest BCUT2D eigenvalue weighted by atomic mass is 32.2. The Balaban J connectivity index is 1.48. The average Bonchev–Trinajstić information content (AvgIpc) is 2.82. The van der Waals surface area contributed by atoms with Gasteiger partial charge in [-0.3, -0.25) is 9.10 Å². The normalized spacial score (nSPS) is 13.2. The summed E-state index contributed by atoms with van der Waals surface area (Å²) >= 11 is 0. The van der Waals surface area contributed by atoms with Gasteiger partial charge in [-0.05, 0) is 67.8 Å². The number of aryl methyl sites for hydroxylation is 2. The number of anilines is 2. The summed E-state index contributed by atoms with van der Waals surface area (Å²) in [5.74, 6) is 0.715. The molecule has 1 aliphatic rings. The molecule has 4 rings (SSSR count). The molecule has 0 aliphatic carbocycles. The molecule has 3 aromatic rings. The van der Waals surface area contributed by atoms with Crippen molar-refractivity contribution in [1.29, 1.82) is 0 Å². The van der Waals surface area contributed by atoms with Gasteiger partial charge < -0.3 is 14.8 Å². The molecule has 0 spiro atoms. The van der Waals surface area contributed by atoms with Crippen LogP contribution in [0.3, 0.4) is 0 Å². The molecule has 0 fully saturated rings. The van der Waals surface area contributed by atoms with Gasteiger partial charge in [0.1, 0.15) is 0 Å². The van der Waals surface area contributed by atoms with E-state index in [1.807, 2.05) is 19.1 Å². The molecule has 1 aliphatic heterocycles. The van der Waals surface area contributed by atoms with Crippen molar-refractivity contribution in [3.8, 4) is 11.5 Å². The lowest BCUT2D eigenvalue weighted by Gasteiger charge is -2.31. The van der Waals surface area contributed by atoms with Crippen molar-refractivity contribution in [3.05, 3.63) is 77.9 Å². The molecule has 0 saturated carbocycles. The van der Waals surface area contributed by atoms with E-state index in [4.69, 9.17) is 9.47 Å². The number of amides is 1. The Morgan fingerprint density at radius 3 is 2.48 bits per heavy atom. The van der Waals surface area contributed by atoms with E-state index in [2.05, 4.69) is 5.32 Å². The first-order valence-corrected chi connectivity index (χ1v) is 12.1. The zero-order valence-corrected chi connectivity index (χ0v) is 19.4. The lowest BCUT2D eigenvalue weighted by atomic mass is 10.0. The van der Waals surface area contributed by atoms with Crippen molar-refractivity contribution in [2.45, 2.75) is 24.7 Å². The minimum atomic E-state index is -3.66. The van der Waals surface area contributed by atoms with Gasteiger partial charge in [0, 0.05) is 12.2 Å². The highest BCUT2D eigenvalue weighted by Gasteiger charge is 2.29. The standard InChI is InChI=1S/C25H26N2O5S/c1-18-9-12-21(13-10-18)33(29,30)27-15-5-6-19-16-20(11-14-22(19)27)26-25(28)17-32-24-8-4-3-7-23(24)31-2/h3-4,7-14,16H,5-6,15,17H2,1-2H3,(H,26,28). The van der Waals surface area contributed by atoms with E-state index in [0.717, 1.165) is 17.5 Å². The molecule has 0 saturated heterocycles. The molecule has 1 amide bonds. The molecule has 33 heavy (non-hydrogen) atoms. The van der Waals surface area contributed by atoms with Gasteiger partial charge in [0.2, 0.25) is 0 Å². The maximum absolute atomic E-state index is 13.2. The van der Waals surface area contributed by atoms with Crippen molar-refractivity contribution >= 4 is 27.3 Å². The van der Waals surface area contributed by atoms with Gasteiger partial charge >= 0.3 is 0 Å². The third-order valence-electron chi connectivity index (χ3n) is 5.48.